The average molecular weight is 470 g/mol. The number of nitrogens with zero attached hydrogens (tertiary/aromatic N) is 2. The van der Waals surface area contributed by atoms with Crippen LogP contribution in [-0.2, 0) is 14.9 Å². The van der Waals surface area contributed by atoms with Crippen molar-refractivity contribution in [3.05, 3.63) is 12.2 Å². The average Bonchev–Trinajstić information content (AvgIpc) is 3.04. The number of hydrogen-bond acceptors (Lipinski definition) is 7. The Labute approximate surface area is 209 Å². The van der Waals surface area contributed by atoms with E-state index in [9.17, 15) is 28.0 Å². The Morgan fingerprint density at radius 1 is 1.19 bits per heavy atom. The van der Waals surface area contributed by atoms with Crippen molar-refractivity contribution in [1.29, 1.82) is 0 Å². The van der Waals surface area contributed by atoms with Gasteiger partial charge in [-0.1, -0.05) is 44.8 Å². The summed E-state index contributed by atoms with van der Waals surface area (Å²) in [5.74, 6) is -0.755. The third kappa shape index (κ3) is 12.6. The van der Waals surface area contributed by atoms with Crippen LogP contribution in [0.2, 0.25) is 0 Å². The molecule has 8 nitrogen and oxygen atoms in total. The number of carbonyl (C=O) groups is 1. The van der Waals surface area contributed by atoms with E-state index in [1.165, 1.54) is 12.8 Å². The van der Waals surface area contributed by atoms with E-state index in [1.807, 2.05) is 0 Å². The summed E-state index contributed by atoms with van der Waals surface area (Å²) in [5.41, 5.74) is 0. The zero-order valence-electron chi connectivity index (χ0n) is 19.2. The molecule has 0 amide bonds. The van der Waals surface area contributed by atoms with Crippen LogP contribution in [0.3, 0.4) is 0 Å². The molecule has 2 unspecified atom stereocenters. The Morgan fingerprint density at radius 3 is 2.45 bits per heavy atom. The van der Waals surface area contributed by atoms with E-state index >= 15 is 0 Å². The second-order valence-corrected chi connectivity index (χ2v) is 9.52. The van der Waals surface area contributed by atoms with Crippen LogP contribution in [0.5, 0.6) is 0 Å². The molecule has 1 heterocycles. The zero-order valence-corrected chi connectivity index (χ0v) is 22.0. The first kappa shape index (κ1) is 30.9. The SMILES string of the molecule is CCCC/C=C/CCCCCCC(=O)C1=NCC[N+]1(CCO)CC(O)CS(=O)(=O)[O-].[Na+]. The molecule has 0 saturated heterocycles. The van der Waals surface area contributed by atoms with Gasteiger partial charge in [-0.25, -0.2) is 13.4 Å². The van der Waals surface area contributed by atoms with Crippen molar-refractivity contribution in [2.75, 3.05) is 38.5 Å². The van der Waals surface area contributed by atoms with Gasteiger partial charge in [-0.2, -0.15) is 0 Å². The minimum absolute atomic E-state index is 0. The van der Waals surface area contributed by atoms with Crippen LogP contribution in [0.25, 0.3) is 0 Å². The molecule has 0 bridgehead atoms. The molecule has 0 radical (unpaired) electrons. The molecule has 31 heavy (non-hydrogen) atoms. The summed E-state index contributed by atoms with van der Waals surface area (Å²) in [6.45, 7) is 2.78. The van der Waals surface area contributed by atoms with Gasteiger partial charge < -0.3 is 14.8 Å². The second kappa shape index (κ2) is 16.5. The summed E-state index contributed by atoms with van der Waals surface area (Å²) in [6.07, 6.45) is 11.9. The van der Waals surface area contributed by atoms with Crippen molar-refractivity contribution in [2.45, 2.75) is 70.8 Å². The molecule has 0 aromatic heterocycles. The molecule has 0 aromatic carbocycles. The number of aliphatic hydroxyl groups is 2. The predicted octanol–water partition coefficient (Wildman–Crippen LogP) is -1.23. The summed E-state index contributed by atoms with van der Waals surface area (Å²) in [5, 5.41) is 19.5. The molecular weight excluding hydrogens is 431 g/mol. The van der Waals surface area contributed by atoms with Gasteiger partial charge in [-0.3, -0.25) is 9.28 Å². The second-order valence-electron chi connectivity index (χ2n) is 8.07. The summed E-state index contributed by atoms with van der Waals surface area (Å²) >= 11 is 0. The molecule has 0 aromatic rings. The Kier molecular flexibility index (Phi) is 16.4. The third-order valence-electron chi connectivity index (χ3n) is 5.39. The molecule has 0 aliphatic carbocycles. The fourth-order valence-corrected chi connectivity index (χ4v) is 4.47. The largest absolute Gasteiger partial charge is 1.00 e. The van der Waals surface area contributed by atoms with Gasteiger partial charge in [0.05, 0.1) is 29.0 Å². The van der Waals surface area contributed by atoms with Gasteiger partial charge in [-0.15, -0.1) is 0 Å². The van der Waals surface area contributed by atoms with Gasteiger partial charge in [0, 0.05) is 6.42 Å². The number of carbonyl (C=O) groups excluding carboxylic acids is 1. The Hall–Kier alpha value is -0.130. The first-order valence-electron chi connectivity index (χ1n) is 11.1. The molecule has 0 fully saturated rings. The quantitative estimate of drug-likeness (QED) is 0.0903. The van der Waals surface area contributed by atoms with Crippen molar-refractivity contribution in [2.24, 2.45) is 4.99 Å². The molecule has 2 atom stereocenters. The van der Waals surface area contributed by atoms with Crippen LogP contribution in [0.4, 0.5) is 0 Å². The first-order valence-corrected chi connectivity index (χ1v) is 12.6. The Bertz CT molecular complexity index is 683. The smallest absolute Gasteiger partial charge is 0.748 e. The standard InChI is InChI=1S/C21H38N2O6S.Na/c1-2-3-4-5-6-7-8-9-10-11-12-20(26)21-22-13-14-23(21,15-16-24)17-19(25)18-30(27,28)29;/h5-6,19,24-25H,2-4,7-18H2,1H3;/q;+1/b6-5+;. The van der Waals surface area contributed by atoms with Crippen LogP contribution in [0.1, 0.15) is 64.7 Å². The number of quaternary nitrogens is 1. The normalized spacial score (nSPS) is 19.9. The minimum atomic E-state index is -4.58. The molecular formula is C21H38N2NaO6S+. The van der Waals surface area contributed by atoms with E-state index in [2.05, 4.69) is 24.1 Å². The maximum absolute atomic E-state index is 12.7. The molecule has 1 rings (SSSR count). The molecule has 2 N–H and O–H groups in total. The fourth-order valence-electron chi connectivity index (χ4n) is 3.90. The van der Waals surface area contributed by atoms with Gasteiger partial charge >= 0.3 is 29.6 Å². The topological polar surface area (TPSA) is 127 Å². The predicted molar refractivity (Wildman–Crippen MR) is 116 cm³/mol. The first-order chi connectivity index (χ1) is 14.2. The summed E-state index contributed by atoms with van der Waals surface area (Å²) in [7, 11) is -4.58. The number of aliphatic imine (C=N–C) groups is 1. The van der Waals surface area contributed by atoms with Gasteiger partial charge in [-0.05, 0) is 25.7 Å². The van der Waals surface area contributed by atoms with Crippen LogP contribution >= 0.6 is 0 Å². The Morgan fingerprint density at radius 2 is 1.84 bits per heavy atom. The number of amidine groups is 1. The van der Waals surface area contributed by atoms with E-state index in [0.29, 0.717) is 19.5 Å². The number of allylic oxidation sites excluding steroid dienone is 2. The summed E-state index contributed by atoms with van der Waals surface area (Å²) in [4.78, 5) is 17.0. The van der Waals surface area contributed by atoms with E-state index in [4.69, 9.17) is 0 Å². The number of Topliss-reactive ketones (excluding diaryl/α,β-unsaturated/α-hetero) is 1. The van der Waals surface area contributed by atoms with Crippen molar-refractivity contribution in [3.8, 4) is 0 Å². The maximum Gasteiger partial charge on any atom is 1.00 e. The van der Waals surface area contributed by atoms with Gasteiger partial charge in [0.1, 0.15) is 25.7 Å². The van der Waals surface area contributed by atoms with E-state index in [-0.39, 0.29) is 65.4 Å². The van der Waals surface area contributed by atoms with Crippen LogP contribution in [0.15, 0.2) is 17.1 Å². The molecule has 1 aliphatic rings. The van der Waals surface area contributed by atoms with E-state index in [1.54, 1.807) is 0 Å². The Balaban J connectivity index is 0.00000900. The van der Waals surface area contributed by atoms with Gasteiger partial charge in [0.25, 0.3) is 5.84 Å². The van der Waals surface area contributed by atoms with E-state index in [0.717, 1.165) is 38.5 Å². The molecule has 0 spiro atoms. The fraction of sp³-hybridized carbons (Fsp3) is 0.810. The minimum Gasteiger partial charge on any atom is -0.748 e. The van der Waals surface area contributed by atoms with Gasteiger partial charge in [0.15, 0.2) is 0 Å². The number of ketones is 1. The molecule has 10 heteroatoms. The number of unbranched alkanes of at least 4 members (excludes halogenated alkanes) is 6. The maximum atomic E-state index is 12.7. The molecule has 0 saturated carbocycles. The van der Waals surface area contributed by atoms with Crippen LogP contribution in [0, 0.1) is 0 Å². The summed E-state index contributed by atoms with van der Waals surface area (Å²) < 4.78 is 32.7. The number of aliphatic hydroxyl groups excluding tert-OH is 2. The van der Waals surface area contributed by atoms with Crippen molar-refractivity contribution < 1.29 is 62.0 Å². The van der Waals surface area contributed by atoms with Crippen LogP contribution in [-0.4, -0.2) is 83.9 Å². The van der Waals surface area contributed by atoms with Gasteiger partial charge in [0.2, 0.25) is 5.78 Å². The number of rotatable bonds is 17. The van der Waals surface area contributed by atoms with E-state index < -0.39 is 22.0 Å². The summed E-state index contributed by atoms with van der Waals surface area (Å²) in [6, 6.07) is 0. The van der Waals surface area contributed by atoms with Crippen molar-refractivity contribution in [1.82, 2.24) is 0 Å². The third-order valence-corrected chi connectivity index (χ3v) is 6.18. The molecule has 174 valence electrons. The molecule has 1 aliphatic heterocycles. The number of hydrogen-bond donors (Lipinski definition) is 2. The zero-order chi connectivity index (χ0) is 22.5. The monoisotopic (exact) mass is 469 g/mol. The van der Waals surface area contributed by atoms with Crippen molar-refractivity contribution in [3.63, 3.8) is 0 Å². The van der Waals surface area contributed by atoms with Crippen LogP contribution < -0.4 is 29.6 Å². The van der Waals surface area contributed by atoms with Crippen molar-refractivity contribution >= 4 is 21.7 Å².